The van der Waals surface area contributed by atoms with Crippen LogP contribution in [0, 0.1) is 0 Å². The number of amides is 1. The first-order valence-electron chi connectivity index (χ1n) is 5.47. The SMILES string of the molecule is CCCCC(N)C(=O)NCCOCC(F)F. The molecular weight excluding hydrogens is 218 g/mol. The summed E-state index contributed by atoms with van der Waals surface area (Å²) in [6, 6.07) is -0.518. The van der Waals surface area contributed by atoms with Gasteiger partial charge in [-0.15, -0.1) is 0 Å². The Balaban J connectivity index is 3.42. The molecule has 0 fully saturated rings. The summed E-state index contributed by atoms with van der Waals surface area (Å²) in [7, 11) is 0. The Kier molecular flexibility index (Phi) is 9.03. The van der Waals surface area contributed by atoms with Crippen molar-refractivity contribution in [2.45, 2.75) is 38.7 Å². The second kappa shape index (κ2) is 9.47. The lowest BCUT2D eigenvalue weighted by atomic mass is 10.1. The van der Waals surface area contributed by atoms with Gasteiger partial charge in [0.1, 0.15) is 6.61 Å². The van der Waals surface area contributed by atoms with Gasteiger partial charge in [-0.25, -0.2) is 8.78 Å². The third-order valence-corrected chi connectivity index (χ3v) is 1.99. The van der Waals surface area contributed by atoms with Crippen molar-refractivity contribution in [2.24, 2.45) is 5.73 Å². The summed E-state index contributed by atoms with van der Waals surface area (Å²) < 4.78 is 27.9. The van der Waals surface area contributed by atoms with E-state index in [1.807, 2.05) is 6.92 Å². The molecule has 0 aliphatic carbocycles. The van der Waals surface area contributed by atoms with Gasteiger partial charge in [0, 0.05) is 6.54 Å². The fraction of sp³-hybridized carbons (Fsp3) is 0.900. The summed E-state index contributed by atoms with van der Waals surface area (Å²) in [6.45, 7) is 1.71. The molecule has 0 bridgehead atoms. The predicted molar refractivity (Wildman–Crippen MR) is 57.3 cm³/mol. The normalized spacial score (nSPS) is 12.8. The Labute approximate surface area is 94.5 Å². The zero-order valence-corrected chi connectivity index (χ0v) is 9.55. The molecule has 6 heteroatoms. The molecule has 1 amide bonds. The molecule has 96 valence electrons. The molecule has 0 spiro atoms. The molecule has 4 nitrogen and oxygen atoms in total. The second-order valence-electron chi connectivity index (χ2n) is 3.51. The van der Waals surface area contributed by atoms with Crippen LogP contribution in [0.5, 0.6) is 0 Å². The van der Waals surface area contributed by atoms with E-state index in [0.717, 1.165) is 12.8 Å². The van der Waals surface area contributed by atoms with E-state index in [1.165, 1.54) is 0 Å². The van der Waals surface area contributed by atoms with Crippen LogP contribution in [0.15, 0.2) is 0 Å². The van der Waals surface area contributed by atoms with E-state index >= 15 is 0 Å². The van der Waals surface area contributed by atoms with Crippen molar-refractivity contribution in [1.82, 2.24) is 5.32 Å². The van der Waals surface area contributed by atoms with Crippen molar-refractivity contribution in [3.63, 3.8) is 0 Å². The van der Waals surface area contributed by atoms with Crippen LogP contribution in [-0.4, -0.2) is 38.1 Å². The predicted octanol–water partition coefficient (Wildman–Crippen LogP) is 0.902. The van der Waals surface area contributed by atoms with Crippen LogP contribution >= 0.6 is 0 Å². The van der Waals surface area contributed by atoms with Crippen molar-refractivity contribution in [3.05, 3.63) is 0 Å². The highest BCUT2D eigenvalue weighted by molar-refractivity contribution is 5.81. The van der Waals surface area contributed by atoms with Gasteiger partial charge in [0.2, 0.25) is 5.91 Å². The first-order valence-corrected chi connectivity index (χ1v) is 5.47. The van der Waals surface area contributed by atoms with Gasteiger partial charge >= 0.3 is 0 Å². The number of nitrogens with one attached hydrogen (secondary N) is 1. The summed E-state index contributed by atoms with van der Waals surface area (Å²) in [4.78, 5) is 11.3. The van der Waals surface area contributed by atoms with Crippen LogP contribution in [0.25, 0.3) is 0 Å². The van der Waals surface area contributed by atoms with Crippen LogP contribution in [0.2, 0.25) is 0 Å². The molecule has 0 heterocycles. The summed E-state index contributed by atoms with van der Waals surface area (Å²) in [6.07, 6.45) is 0.0531. The van der Waals surface area contributed by atoms with Crippen molar-refractivity contribution in [1.29, 1.82) is 0 Å². The van der Waals surface area contributed by atoms with E-state index < -0.39 is 19.1 Å². The first-order chi connectivity index (χ1) is 7.57. The highest BCUT2D eigenvalue weighted by atomic mass is 19.3. The standard InChI is InChI=1S/C10H20F2N2O2/c1-2-3-4-8(13)10(15)14-5-6-16-7-9(11)12/h8-9H,2-7,13H2,1H3,(H,14,15). The number of ether oxygens (including phenoxy) is 1. The molecule has 0 saturated carbocycles. The van der Waals surface area contributed by atoms with E-state index in [9.17, 15) is 13.6 Å². The number of nitrogens with two attached hydrogens (primary N) is 1. The minimum atomic E-state index is -2.47. The zero-order valence-electron chi connectivity index (χ0n) is 9.55. The van der Waals surface area contributed by atoms with Gasteiger partial charge < -0.3 is 15.8 Å². The molecule has 16 heavy (non-hydrogen) atoms. The lowest BCUT2D eigenvalue weighted by molar-refractivity contribution is -0.122. The van der Waals surface area contributed by atoms with Crippen LogP contribution in [-0.2, 0) is 9.53 Å². The molecule has 0 aromatic rings. The van der Waals surface area contributed by atoms with E-state index in [0.29, 0.717) is 6.42 Å². The Morgan fingerprint density at radius 3 is 2.75 bits per heavy atom. The van der Waals surface area contributed by atoms with Crippen molar-refractivity contribution >= 4 is 5.91 Å². The van der Waals surface area contributed by atoms with Crippen LogP contribution in [0.1, 0.15) is 26.2 Å². The monoisotopic (exact) mass is 238 g/mol. The van der Waals surface area contributed by atoms with Crippen molar-refractivity contribution in [3.8, 4) is 0 Å². The minimum absolute atomic E-state index is 0.0799. The Hall–Kier alpha value is -0.750. The fourth-order valence-electron chi connectivity index (χ4n) is 1.11. The molecule has 1 atom stereocenters. The lowest BCUT2D eigenvalue weighted by Crippen LogP contribution is -2.41. The maximum Gasteiger partial charge on any atom is 0.261 e. The van der Waals surface area contributed by atoms with E-state index in [2.05, 4.69) is 10.1 Å². The van der Waals surface area contributed by atoms with Gasteiger partial charge in [-0.1, -0.05) is 19.8 Å². The maximum atomic E-state index is 11.7. The Bertz CT molecular complexity index is 192. The number of carbonyl (C=O) groups excluding carboxylic acids is 1. The summed E-state index contributed by atoms with van der Waals surface area (Å²) in [5.74, 6) is -0.255. The first kappa shape index (κ1) is 15.2. The smallest absolute Gasteiger partial charge is 0.261 e. The highest BCUT2D eigenvalue weighted by Crippen LogP contribution is 1.97. The topological polar surface area (TPSA) is 64.4 Å². The molecule has 1 unspecified atom stereocenters. The molecule has 0 aliphatic rings. The molecule has 0 rings (SSSR count). The van der Waals surface area contributed by atoms with Crippen molar-refractivity contribution in [2.75, 3.05) is 19.8 Å². The summed E-state index contributed by atoms with van der Waals surface area (Å²) in [5.41, 5.74) is 5.59. The third kappa shape index (κ3) is 8.55. The van der Waals surface area contributed by atoms with Gasteiger partial charge in [0.15, 0.2) is 0 Å². The highest BCUT2D eigenvalue weighted by Gasteiger charge is 2.11. The van der Waals surface area contributed by atoms with Crippen LogP contribution in [0.4, 0.5) is 8.78 Å². The summed E-state index contributed by atoms with van der Waals surface area (Å²) in [5, 5.41) is 2.53. The summed E-state index contributed by atoms with van der Waals surface area (Å²) >= 11 is 0. The number of halogens is 2. The number of rotatable bonds is 9. The minimum Gasteiger partial charge on any atom is -0.374 e. The average molecular weight is 238 g/mol. The molecular formula is C10H20F2N2O2. The van der Waals surface area contributed by atoms with Gasteiger partial charge in [0.05, 0.1) is 12.6 Å². The Morgan fingerprint density at radius 2 is 2.19 bits per heavy atom. The molecule has 0 aromatic carbocycles. The molecule has 0 aliphatic heterocycles. The van der Waals surface area contributed by atoms with Gasteiger partial charge in [0.25, 0.3) is 6.43 Å². The largest absolute Gasteiger partial charge is 0.374 e. The number of hydrogen-bond acceptors (Lipinski definition) is 3. The number of unbranched alkanes of at least 4 members (excludes halogenated alkanes) is 1. The number of hydrogen-bond donors (Lipinski definition) is 2. The maximum absolute atomic E-state index is 11.7. The average Bonchev–Trinajstić information content (AvgIpc) is 2.24. The molecule has 0 radical (unpaired) electrons. The van der Waals surface area contributed by atoms with Crippen molar-refractivity contribution < 1.29 is 18.3 Å². The van der Waals surface area contributed by atoms with Gasteiger partial charge in [-0.05, 0) is 6.42 Å². The van der Waals surface area contributed by atoms with E-state index in [-0.39, 0.29) is 19.1 Å². The molecule has 0 aromatic heterocycles. The molecule has 3 N–H and O–H groups in total. The Morgan fingerprint density at radius 1 is 1.50 bits per heavy atom. The van der Waals surface area contributed by atoms with E-state index in [4.69, 9.17) is 5.73 Å². The quantitative estimate of drug-likeness (QED) is 0.587. The van der Waals surface area contributed by atoms with E-state index in [1.54, 1.807) is 0 Å². The zero-order chi connectivity index (χ0) is 12.4. The van der Waals surface area contributed by atoms with Gasteiger partial charge in [-0.3, -0.25) is 4.79 Å². The second-order valence-corrected chi connectivity index (χ2v) is 3.51. The van der Waals surface area contributed by atoms with Crippen LogP contribution in [0.3, 0.4) is 0 Å². The lowest BCUT2D eigenvalue weighted by Gasteiger charge is -2.11. The fourth-order valence-corrected chi connectivity index (χ4v) is 1.11. The third-order valence-electron chi connectivity index (χ3n) is 1.99. The molecule has 0 saturated heterocycles. The van der Waals surface area contributed by atoms with Gasteiger partial charge in [-0.2, -0.15) is 0 Å². The number of carbonyl (C=O) groups is 1. The number of alkyl halides is 2. The van der Waals surface area contributed by atoms with Crippen LogP contribution < -0.4 is 11.1 Å².